The van der Waals surface area contributed by atoms with Crippen molar-refractivity contribution in [3.8, 4) is 0 Å². The molecule has 2 aromatic carbocycles. The summed E-state index contributed by atoms with van der Waals surface area (Å²) in [7, 11) is 0. The monoisotopic (exact) mass is 402 g/mol. The van der Waals surface area contributed by atoms with Crippen LogP contribution in [0.15, 0.2) is 52.9 Å². The average Bonchev–Trinajstić information content (AvgIpc) is 3.09. The van der Waals surface area contributed by atoms with Crippen molar-refractivity contribution in [2.24, 2.45) is 0 Å². The van der Waals surface area contributed by atoms with Gasteiger partial charge in [-0.2, -0.15) is 0 Å². The molecule has 2 N–H and O–H groups in total. The van der Waals surface area contributed by atoms with Crippen LogP contribution in [0.25, 0.3) is 0 Å². The van der Waals surface area contributed by atoms with Gasteiger partial charge in [0.25, 0.3) is 5.91 Å². The molecule has 0 aliphatic heterocycles. The van der Waals surface area contributed by atoms with Crippen molar-refractivity contribution in [3.63, 3.8) is 0 Å². The zero-order chi connectivity index (χ0) is 19.2. The van der Waals surface area contributed by atoms with Gasteiger partial charge < -0.3 is 5.32 Å². The quantitative estimate of drug-likeness (QED) is 0.481. The van der Waals surface area contributed by atoms with E-state index >= 15 is 0 Å². The van der Waals surface area contributed by atoms with Crippen molar-refractivity contribution in [1.82, 2.24) is 10.2 Å². The van der Waals surface area contributed by atoms with Gasteiger partial charge in [0.1, 0.15) is 5.82 Å². The minimum atomic E-state index is -0.364. The Hall–Kier alpha value is -2.78. The molecule has 1 heterocycles. The molecule has 9 heteroatoms. The summed E-state index contributed by atoms with van der Waals surface area (Å²) in [6.07, 6.45) is 0. The Bertz CT molecular complexity index is 960. The van der Waals surface area contributed by atoms with Gasteiger partial charge in [0.05, 0.1) is 5.75 Å². The maximum absolute atomic E-state index is 12.9. The number of nitrogens with zero attached hydrogens (tertiary/aromatic N) is 2. The van der Waals surface area contributed by atoms with Gasteiger partial charge >= 0.3 is 0 Å². The van der Waals surface area contributed by atoms with E-state index in [1.165, 1.54) is 47.4 Å². The molecular formula is C18H15FN4O2S2. The topological polar surface area (TPSA) is 84.0 Å². The van der Waals surface area contributed by atoms with Crippen LogP contribution in [-0.4, -0.2) is 27.8 Å². The van der Waals surface area contributed by atoms with Crippen molar-refractivity contribution < 1.29 is 14.0 Å². The zero-order valence-corrected chi connectivity index (χ0v) is 15.9. The molecule has 0 fully saturated rings. The Labute approximate surface area is 163 Å². The van der Waals surface area contributed by atoms with Gasteiger partial charge in [0.15, 0.2) is 4.34 Å². The van der Waals surface area contributed by atoms with E-state index in [2.05, 4.69) is 20.8 Å². The van der Waals surface area contributed by atoms with E-state index in [0.717, 1.165) is 5.56 Å². The van der Waals surface area contributed by atoms with Crippen molar-refractivity contribution in [2.75, 3.05) is 16.4 Å². The number of nitrogens with one attached hydrogen (secondary N) is 2. The van der Waals surface area contributed by atoms with Gasteiger partial charge in [-0.15, -0.1) is 10.2 Å². The fraction of sp³-hybridized carbons (Fsp3) is 0.111. The SMILES string of the molecule is Cc1cccc(C(=O)Nc2nnc(SCC(=O)Nc3ccc(F)cc3)s2)c1. The zero-order valence-electron chi connectivity index (χ0n) is 14.2. The molecular weight excluding hydrogens is 387 g/mol. The summed E-state index contributed by atoms with van der Waals surface area (Å²) in [6.45, 7) is 1.91. The van der Waals surface area contributed by atoms with E-state index in [1.54, 1.807) is 12.1 Å². The fourth-order valence-electron chi connectivity index (χ4n) is 2.13. The Balaban J connectivity index is 1.51. The lowest BCUT2D eigenvalue weighted by molar-refractivity contribution is -0.113. The van der Waals surface area contributed by atoms with Crippen LogP contribution in [0, 0.1) is 12.7 Å². The molecule has 0 radical (unpaired) electrons. The highest BCUT2D eigenvalue weighted by Gasteiger charge is 2.12. The number of carbonyl (C=O) groups is 2. The predicted octanol–water partition coefficient (Wildman–Crippen LogP) is 3.97. The van der Waals surface area contributed by atoms with Crippen LogP contribution in [-0.2, 0) is 4.79 Å². The van der Waals surface area contributed by atoms with E-state index < -0.39 is 0 Å². The molecule has 0 aliphatic carbocycles. The first-order chi connectivity index (χ1) is 13.0. The Kier molecular flexibility index (Phi) is 6.15. The van der Waals surface area contributed by atoms with Gasteiger partial charge in [-0.1, -0.05) is 40.8 Å². The molecule has 0 spiro atoms. The minimum absolute atomic E-state index is 0.123. The molecule has 2 amide bonds. The third-order valence-electron chi connectivity index (χ3n) is 3.36. The maximum Gasteiger partial charge on any atom is 0.257 e. The number of halogens is 1. The first-order valence-electron chi connectivity index (χ1n) is 7.89. The number of hydrogen-bond donors (Lipinski definition) is 2. The van der Waals surface area contributed by atoms with Crippen LogP contribution in [0.3, 0.4) is 0 Å². The van der Waals surface area contributed by atoms with E-state index in [9.17, 15) is 14.0 Å². The number of rotatable bonds is 6. The number of anilines is 2. The van der Waals surface area contributed by atoms with Crippen LogP contribution in [0.2, 0.25) is 0 Å². The molecule has 0 bridgehead atoms. The number of benzene rings is 2. The molecule has 27 heavy (non-hydrogen) atoms. The first kappa shape index (κ1) is 19.0. The Morgan fingerprint density at radius 2 is 1.89 bits per heavy atom. The van der Waals surface area contributed by atoms with Crippen LogP contribution in [0.1, 0.15) is 15.9 Å². The summed E-state index contributed by atoms with van der Waals surface area (Å²) in [6, 6.07) is 12.8. The van der Waals surface area contributed by atoms with Crippen LogP contribution >= 0.6 is 23.1 Å². The summed E-state index contributed by atoms with van der Waals surface area (Å²) in [4.78, 5) is 24.1. The molecule has 1 aromatic heterocycles. The van der Waals surface area contributed by atoms with E-state index in [1.807, 2.05) is 19.1 Å². The van der Waals surface area contributed by atoms with Gasteiger partial charge in [0, 0.05) is 11.3 Å². The molecule has 138 valence electrons. The fourth-order valence-corrected chi connectivity index (χ4v) is 3.68. The third-order valence-corrected chi connectivity index (χ3v) is 5.33. The largest absolute Gasteiger partial charge is 0.325 e. The van der Waals surface area contributed by atoms with E-state index in [0.29, 0.717) is 20.7 Å². The van der Waals surface area contributed by atoms with Gasteiger partial charge in [-0.05, 0) is 43.3 Å². The Morgan fingerprint density at radius 3 is 2.63 bits per heavy atom. The minimum Gasteiger partial charge on any atom is -0.325 e. The number of hydrogen-bond acceptors (Lipinski definition) is 6. The van der Waals surface area contributed by atoms with Crippen LogP contribution in [0.5, 0.6) is 0 Å². The molecule has 3 rings (SSSR count). The third kappa shape index (κ3) is 5.60. The molecule has 3 aromatic rings. The lowest BCUT2D eigenvalue weighted by Gasteiger charge is -2.03. The predicted molar refractivity (Wildman–Crippen MR) is 105 cm³/mol. The van der Waals surface area contributed by atoms with Crippen molar-refractivity contribution in [2.45, 2.75) is 11.3 Å². The molecule has 0 atom stereocenters. The summed E-state index contributed by atoms with van der Waals surface area (Å²) in [5.41, 5.74) is 2.05. The second-order valence-electron chi connectivity index (χ2n) is 5.54. The first-order valence-corrected chi connectivity index (χ1v) is 9.69. The lowest BCUT2D eigenvalue weighted by Crippen LogP contribution is -2.13. The second kappa shape index (κ2) is 8.74. The van der Waals surface area contributed by atoms with Gasteiger partial charge in [-0.25, -0.2) is 4.39 Å². The van der Waals surface area contributed by atoms with Crippen molar-refractivity contribution in [3.05, 3.63) is 65.5 Å². The summed E-state index contributed by atoms with van der Waals surface area (Å²) in [5.74, 6) is -0.748. The molecule has 6 nitrogen and oxygen atoms in total. The maximum atomic E-state index is 12.9. The molecule has 0 aliphatic rings. The Morgan fingerprint density at radius 1 is 1.11 bits per heavy atom. The van der Waals surface area contributed by atoms with Crippen molar-refractivity contribution in [1.29, 1.82) is 0 Å². The molecule has 0 saturated heterocycles. The van der Waals surface area contributed by atoms with Crippen molar-refractivity contribution >= 4 is 45.7 Å². The van der Waals surface area contributed by atoms with E-state index in [-0.39, 0.29) is 23.4 Å². The standard InChI is InChI=1S/C18H15FN4O2S2/c1-11-3-2-4-12(9-11)16(25)21-17-22-23-18(27-17)26-10-15(24)20-14-7-5-13(19)6-8-14/h2-9H,10H2,1H3,(H,20,24)(H,21,22,25). The van der Waals surface area contributed by atoms with E-state index in [4.69, 9.17) is 0 Å². The highest BCUT2D eigenvalue weighted by molar-refractivity contribution is 8.01. The highest BCUT2D eigenvalue weighted by Crippen LogP contribution is 2.26. The second-order valence-corrected chi connectivity index (χ2v) is 7.74. The number of thioether (sulfide) groups is 1. The van der Waals surface area contributed by atoms with Gasteiger partial charge in [0.2, 0.25) is 11.0 Å². The molecule has 0 unspecified atom stereocenters. The number of aryl methyl sites for hydroxylation is 1. The summed E-state index contributed by atoms with van der Waals surface area (Å²) in [5, 5.41) is 13.6. The smallest absolute Gasteiger partial charge is 0.257 e. The number of aromatic nitrogens is 2. The highest BCUT2D eigenvalue weighted by atomic mass is 32.2. The lowest BCUT2D eigenvalue weighted by atomic mass is 10.1. The summed E-state index contributed by atoms with van der Waals surface area (Å²) < 4.78 is 13.4. The average molecular weight is 402 g/mol. The van der Waals surface area contributed by atoms with Crippen LogP contribution < -0.4 is 10.6 Å². The summed E-state index contributed by atoms with van der Waals surface area (Å²) >= 11 is 2.39. The van der Waals surface area contributed by atoms with Crippen LogP contribution in [0.4, 0.5) is 15.2 Å². The normalized spacial score (nSPS) is 10.4. The van der Waals surface area contributed by atoms with Gasteiger partial charge in [-0.3, -0.25) is 14.9 Å². The number of carbonyl (C=O) groups excluding carboxylic acids is 2. The molecule has 0 saturated carbocycles. The number of amides is 2.